The van der Waals surface area contributed by atoms with E-state index in [0.717, 1.165) is 17.7 Å². The first-order valence-corrected chi connectivity index (χ1v) is 5.98. The van der Waals surface area contributed by atoms with E-state index in [1.165, 1.54) is 10.5 Å². The molecule has 0 fully saturated rings. The Kier molecular flexibility index (Phi) is 4.94. The average molecular weight is 227 g/mol. The van der Waals surface area contributed by atoms with Crippen LogP contribution in [0.1, 0.15) is 11.1 Å². The van der Waals surface area contributed by atoms with E-state index < -0.39 is 0 Å². The number of thioether (sulfide) groups is 1. The molecule has 2 N–H and O–H groups in total. The second-order valence-electron chi connectivity index (χ2n) is 3.25. The van der Waals surface area contributed by atoms with E-state index in [-0.39, 0.29) is 0 Å². The predicted octanol–water partition coefficient (Wildman–Crippen LogP) is 2.16. The number of rotatable bonds is 5. The third kappa shape index (κ3) is 3.12. The predicted molar refractivity (Wildman–Crippen MR) is 63.4 cm³/mol. The molecule has 0 aliphatic rings. The first-order chi connectivity index (χ1) is 7.22. The van der Waals surface area contributed by atoms with Crippen LogP contribution < -0.4 is 10.6 Å². The normalized spacial score (nSPS) is 10.4. The van der Waals surface area contributed by atoms with Crippen molar-refractivity contribution >= 4 is 11.8 Å². The van der Waals surface area contributed by atoms with Gasteiger partial charge in [0.1, 0.15) is 5.75 Å². The molecule has 1 aromatic carbocycles. The van der Waals surface area contributed by atoms with Crippen LogP contribution >= 0.6 is 11.8 Å². The van der Waals surface area contributed by atoms with Crippen molar-refractivity contribution in [1.29, 1.82) is 0 Å². The van der Waals surface area contributed by atoms with Crippen molar-refractivity contribution in [2.24, 2.45) is 5.90 Å². The SMILES string of the molecule is COc1cc(C)c(SC)cc1CCON. The molecule has 0 heterocycles. The van der Waals surface area contributed by atoms with Gasteiger partial charge in [-0.25, -0.2) is 5.90 Å². The summed E-state index contributed by atoms with van der Waals surface area (Å²) in [5.74, 6) is 5.93. The molecule has 84 valence electrons. The smallest absolute Gasteiger partial charge is 0.122 e. The Balaban J connectivity index is 2.99. The molecule has 0 bridgehead atoms. The summed E-state index contributed by atoms with van der Waals surface area (Å²) in [6.07, 6.45) is 2.84. The molecule has 0 saturated carbocycles. The van der Waals surface area contributed by atoms with Gasteiger partial charge in [-0.15, -0.1) is 11.8 Å². The van der Waals surface area contributed by atoms with Gasteiger partial charge in [0.25, 0.3) is 0 Å². The standard InChI is InChI=1S/C11H17NO2S/c1-8-6-10(13-2)9(4-5-14-12)7-11(8)15-3/h6-7H,4-5,12H2,1-3H3. The maximum absolute atomic E-state index is 5.32. The number of hydrogen-bond donors (Lipinski definition) is 1. The van der Waals surface area contributed by atoms with E-state index >= 15 is 0 Å². The lowest BCUT2D eigenvalue weighted by molar-refractivity contribution is 0.140. The first-order valence-electron chi connectivity index (χ1n) is 4.76. The zero-order chi connectivity index (χ0) is 11.3. The zero-order valence-corrected chi connectivity index (χ0v) is 10.2. The van der Waals surface area contributed by atoms with Crippen molar-refractivity contribution in [3.05, 3.63) is 23.3 Å². The second kappa shape index (κ2) is 6.00. The van der Waals surface area contributed by atoms with Crippen LogP contribution in [0, 0.1) is 6.92 Å². The number of aryl methyl sites for hydroxylation is 1. The highest BCUT2D eigenvalue weighted by Crippen LogP contribution is 2.28. The molecule has 15 heavy (non-hydrogen) atoms. The summed E-state index contributed by atoms with van der Waals surface area (Å²) in [6, 6.07) is 4.19. The molecule has 1 rings (SSSR count). The Labute approximate surface area is 94.9 Å². The Bertz CT molecular complexity index is 329. The molecular formula is C11H17NO2S. The van der Waals surface area contributed by atoms with E-state index in [4.69, 9.17) is 10.6 Å². The monoisotopic (exact) mass is 227 g/mol. The van der Waals surface area contributed by atoms with E-state index in [9.17, 15) is 0 Å². The van der Waals surface area contributed by atoms with Crippen molar-refractivity contribution in [2.45, 2.75) is 18.2 Å². The van der Waals surface area contributed by atoms with Crippen molar-refractivity contribution in [3.8, 4) is 5.75 Å². The zero-order valence-electron chi connectivity index (χ0n) is 9.37. The number of ether oxygens (including phenoxy) is 1. The van der Waals surface area contributed by atoms with Crippen molar-refractivity contribution in [1.82, 2.24) is 0 Å². The summed E-state index contributed by atoms with van der Waals surface area (Å²) >= 11 is 1.73. The fourth-order valence-corrected chi connectivity index (χ4v) is 2.12. The molecule has 0 radical (unpaired) electrons. The average Bonchev–Trinajstić information content (AvgIpc) is 2.26. The summed E-state index contributed by atoms with van der Waals surface area (Å²) < 4.78 is 5.32. The van der Waals surface area contributed by atoms with Crippen LogP contribution in [-0.4, -0.2) is 20.0 Å². The van der Waals surface area contributed by atoms with Crippen molar-refractivity contribution in [2.75, 3.05) is 20.0 Å². The van der Waals surface area contributed by atoms with Crippen LogP contribution in [0.3, 0.4) is 0 Å². The molecule has 0 atom stereocenters. The number of nitrogens with two attached hydrogens (primary N) is 1. The van der Waals surface area contributed by atoms with Crippen molar-refractivity contribution < 1.29 is 9.57 Å². The second-order valence-corrected chi connectivity index (χ2v) is 4.10. The topological polar surface area (TPSA) is 44.5 Å². The van der Waals surface area contributed by atoms with Crippen LogP contribution in [0.2, 0.25) is 0 Å². The van der Waals surface area contributed by atoms with E-state index in [0.29, 0.717) is 6.61 Å². The fourth-order valence-electron chi connectivity index (χ4n) is 1.48. The van der Waals surface area contributed by atoms with Gasteiger partial charge in [0.2, 0.25) is 0 Å². The van der Waals surface area contributed by atoms with Crippen LogP contribution in [0.5, 0.6) is 5.75 Å². The summed E-state index contributed by atoms with van der Waals surface area (Å²) in [7, 11) is 1.68. The lowest BCUT2D eigenvalue weighted by Crippen LogP contribution is -2.05. The van der Waals surface area contributed by atoms with Gasteiger partial charge in [0.05, 0.1) is 13.7 Å². The van der Waals surface area contributed by atoms with Crippen LogP contribution in [0.25, 0.3) is 0 Å². The number of methoxy groups -OCH3 is 1. The Morgan fingerprint density at radius 3 is 2.67 bits per heavy atom. The minimum Gasteiger partial charge on any atom is -0.496 e. The molecule has 0 unspecified atom stereocenters. The van der Waals surface area contributed by atoms with Crippen LogP contribution in [-0.2, 0) is 11.3 Å². The quantitative estimate of drug-likeness (QED) is 0.618. The van der Waals surface area contributed by atoms with Gasteiger partial charge in [-0.05, 0) is 36.4 Å². The van der Waals surface area contributed by atoms with Gasteiger partial charge in [-0.2, -0.15) is 0 Å². The lowest BCUT2D eigenvalue weighted by atomic mass is 10.1. The highest BCUT2D eigenvalue weighted by molar-refractivity contribution is 7.98. The molecule has 4 heteroatoms. The maximum atomic E-state index is 5.32. The van der Waals surface area contributed by atoms with Gasteiger partial charge in [-0.1, -0.05) is 0 Å². The van der Waals surface area contributed by atoms with Crippen molar-refractivity contribution in [3.63, 3.8) is 0 Å². The summed E-state index contributed by atoms with van der Waals surface area (Å²) in [6.45, 7) is 2.59. The Morgan fingerprint density at radius 2 is 2.13 bits per heavy atom. The van der Waals surface area contributed by atoms with E-state index in [1.54, 1.807) is 18.9 Å². The summed E-state index contributed by atoms with van der Waals surface area (Å²) in [5.41, 5.74) is 2.37. The molecule has 0 aliphatic carbocycles. The van der Waals surface area contributed by atoms with Crippen LogP contribution in [0.15, 0.2) is 17.0 Å². The summed E-state index contributed by atoms with van der Waals surface area (Å²) in [5, 5.41) is 0. The molecule has 0 aliphatic heterocycles. The molecule has 0 saturated heterocycles. The highest BCUT2D eigenvalue weighted by atomic mass is 32.2. The van der Waals surface area contributed by atoms with Gasteiger partial charge in [-0.3, -0.25) is 0 Å². The molecule has 3 nitrogen and oxygen atoms in total. The number of benzene rings is 1. The fraction of sp³-hybridized carbons (Fsp3) is 0.455. The minimum atomic E-state index is 0.507. The van der Waals surface area contributed by atoms with Gasteiger partial charge in [0.15, 0.2) is 0 Å². The highest BCUT2D eigenvalue weighted by Gasteiger charge is 2.07. The van der Waals surface area contributed by atoms with E-state index in [1.807, 2.05) is 0 Å². The Morgan fingerprint density at radius 1 is 1.40 bits per heavy atom. The van der Waals surface area contributed by atoms with Gasteiger partial charge < -0.3 is 9.57 Å². The van der Waals surface area contributed by atoms with E-state index in [2.05, 4.69) is 30.1 Å². The molecule has 0 amide bonds. The number of hydrogen-bond acceptors (Lipinski definition) is 4. The minimum absolute atomic E-state index is 0.507. The largest absolute Gasteiger partial charge is 0.496 e. The lowest BCUT2D eigenvalue weighted by Gasteiger charge is -2.12. The molecule has 0 spiro atoms. The van der Waals surface area contributed by atoms with Gasteiger partial charge in [0, 0.05) is 11.3 Å². The molecule has 0 aromatic heterocycles. The third-order valence-electron chi connectivity index (χ3n) is 2.29. The van der Waals surface area contributed by atoms with Crippen LogP contribution in [0.4, 0.5) is 0 Å². The summed E-state index contributed by atoms with van der Waals surface area (Å²) in [4.78, 5) is 5.85. The molecule has 1 aromatic rings. The maximum Gasteiger partial charge on any atom is 0.122 e. The van der Waals surface area contributed by atoms with Gasteiger partial charge >= 0.3 is 0 Å². The molecular weight excluding hydrogens is 210 g/mol. The Hall–Kier alpha value is -0.710. The first kappa shape index (κ1) is 12.4. The third-order valence-corrected chi connectivity index (χ3v) is 3.17.